The molecule has 0 saturated carbocycles. The number of hydrogen-bond donors (Lipinski definition) is 0. The van der Waals surface area contributed by atoms with Crippen molar-refractivity contribution in [3.05, 3.63) is 42.0 Å². The molecular formula is C21H26F3N5O2S. The number of halogens is 3. The molecule has 0 spiro atoms. The van der Waals surface area contributed by atoms with E-state index in [0.29, 0.717) is 24.9 Å². The van der Waals surface area contributed by atoms with Gasteiger partial charge in [0.15, 0.2) is 11.6 Å². The van der Waals surface area contributed by atoms with Crippen LogP contribution in [0.2, 0.25) is 0 Å². The van der Waals surface area contributed by atoms with Gasteiger partial charge in [-0.15, -0.1) is 10.2 Å². The lowest BCUT2D eigenvalue weighted by atomic mass is 10.0. The summed E-state index contributed by atoms with van der Waals surface area (Å²) in [4.78, 5) is 3.43. The fourth-order valence-electron chi connectivity index (χ4n) is 4.30. The Morgan fingerprint density at radius 3 is 2.19 bits per heavy atom. The van der Waals surface area contributed by atoms with Gasteiger partial charge in [-0.05, 0) is 50.5 Å². The number of alkyl halides is 3. The van der Waals surface area contributed by atoms with Gasteiger partial charge in [-0.2, -0.15) is 17.5 Å². The zero-order valence-electron chi connectivity index (χ0n) is 17.8. The van der Waals surface area contributed by atoms with Gasteiger partial charge in [0.25, 0.3) is 0 Å². The van der Waals surface area contributed by atoms with Crippen LogP contribution in [0, 0.1) is 0 Å². The van der Waals surface area contributed by atoms with Crippen molar-refractivity contribution in [1.29, 1.82) is 0 Å². The van der Waals surface area contributed by atoms with Gasteiger partial charge >= 0.3 is 6.18 Å². The summed E-state index contributed by atoms with van der Waals surface area (Å²) in [5.74, 6) is 1.46. The quantitative estimate of drug-likeness (QED) is 0.684. The number of nitrogens with zero attached hydrogens (tertiary/aromatic N) is 5. The van der Waals surface area contributed by atoms with Crippen molar-refractivity contribution in [2.45, 2.75) is 43.3 Å². The number of hydrogen-bond acceptors (Lipinski definition) is 6. The van der Waals surface area contributed by atoms with Gasteiger partial charge in [0, 0.05) is 38.8 Å². The Morgan fingerprint density at radius 2 is 1.56 bits per heavy atom. The van der Waals surface area contributed by atoms with Crippen LogP contribution in [0.1, 0.15) is 31.7 Å². The van der Waals surface area contributed by atoms with Crippen molar-refractivity contribution in [3.63, 3.8) is 0 Å². The van der Waals surface area contributed by atoms with Crippen molar-refractivity contribution in [3.8, 4) is 0 Å². The lowest BCUT2D eigenvalue weighted by Gasteiger charge is -2.36. The smallest absolute Gasteiger partial charge is 0.352 e. The minimum atomic E-state index is -4.74. The molecule has 2 fully saturated rings. The molecule has 0 radical (unpaired) electrons. The largest absolute Gasteiger partial charge is 0.417 e. The fraction of sp³-hybridized carbons (Fsp3) is 0.524. The SMILES string of the molecule is CC1CCCCN1c1ccc(N2CCN(S(=O)(=O)c3ccccc3C(F)(F)F)CC2)nn1. The summed E-state index contributed by atoms with van der Waals surface area (Å²) >= 11 is 0. The molecule has 11 heteroatoms. The van der Waals surface area contributed by atoms with Gasteiger partial charge in [0.1, 0.15) is 0 Å². The van der Waals surface area contributed by atoms with Crippen molar-refractivity contribution in [2.24, 2.45) is 0 Å². The van der Waals surface area contributed by atoms with E-state index in [-0.39, 0.29) is 13.1 Å². The second-order valence-corrected chi connectivity index (χ2v) is 10.1. The first kappa shape index (κ1) is 22.8. The highest BCUT2D eigenvalue weighted by Crippen LogP contribution is 2.35. The Hall–Kier alpha value is -2.40. The summed E-state index contributed by atoms with van der Waals surface area (Å²) in [5.41, 5.74) is -1.14. The van der Waals surface area contributed by atoms with Gasteiger partial charge < -0.3 is 9.80 Å². The van der Waals surface area contributed by atoms with Crippen molar-refractivity contribution >= 4 is 21.7 Å². The zero-order valence-corrected chi connectivity index (χ0v) is 18.6. The van der Waals surface area contributed by atoms with Gasteiger partial charge in [0.05, 0.1) is 10.5 Å². The topological polar surface area (TPSA) is 69.6 Å². The third kappa shape index (κ3) is 4.54. The van der Waals surface area contributed by atoms with E-state index in [2.05, 4.69) is 22.0 Å². The third-order valence-electron chi connectivity index (χ3n) is 6.11. The number of anilines is 2. The first-order valence-corrected chi connectivity index (χ1v) is 12.1. The number of sulfonamides is 1. The molecule has 0 bridgehead atoms. The van der Waals surface area contributed by atoms with Crippen LogP contribution in [0.4, 0.5) is 24.8 Å². The van der Waals surface area contributed by atoms with E-state index in [4.69, 9.17) is 0 Å². The normalized spacial score (nSPS) is 21.1. The Balaban J connectivity index is 1.44. The van der Waals surface area contributed by atoms with Crippen LogP contribution in [-0.2, 0) is 16.2 Å². The van der Waals surface area contributed by atoms with E-state index in [0.717, 1.165) is 41.6 Å². The lowest BCUT2D eigenvalue weighted by molar-refractivity contribution is -0.139. The fourth-order valence-corrected chi connectivity index (χ4v) is 5.94. The molecule has 1 aromatic carbocycles. The molecule has 4 rings (SSSR count). The predicted octanol–water partition coefficient (Wildman–Crippen LogP) is 3.39. The maximum absolute atomic E-state index is 13.3. The molecule has 2 aliphatic heterocycles. The summed E-state index contributed by atoms with van der Waals surface area (Å²) < 4.78 is 66.9. The maximum Gasteiger partial charge on any atom is 0.417 e. The van der Waals surface area contributed by atoms with Crippen molar-refractivity contribution in [2.75, 3.05) is 42.5 Å². The summed E-state index contributed by atoms with van der Waals surface area (Å²) in [6.45, 7) is 3.90. The molecule has 3 heterocycles. The van der Waals surface area contributed by atoms with E-state index in [1.54, 1.807) is 0 Å². The molecule has 1 aromatic heterocycles. The molecule has 2 aliphatic rings. The summed E-state index contributed by atoms with van der Waals surface area (Å²) in [5, 5.41) is 8.68. The monoisotopic (exact) mass is 469 g/mol. The highest BCUT2D eigenvalue weighted by Gasteiger charge is 2.39. The zero-order chi connectivity index (χ0) is 22.9. The summed E-state index contributed by atoms with van der Waals surface area (Å²) in [6.07, 6.45) is -1.28. The Morgan fingerprint density at radius 1 is 0.906 bits per heavy atom. The standard InChI is InChI=1S/C21H26F3N5O2S/c1-16-6-4-5-11-29(16)20-10-9-19(25-26-20)27-12-14-28(15-13-27)32(30,31)18-8-3-2-7-17(18)21(22,23)24/h2-3,7-10,16H,4-6,11-15H2,1H3. The molecule has 2 saturated heterocycles. The van der Waals surface area contributed by atoms with E-state index in [1.807, 2.05) is 17.0 Å². The van der Waals surface area contributed by atoms with Crippen molar-refractivity contribution in [1.82, 2.24) is 14.5 Å². The highest BCUT2D eigenvalue weighted by atomic mass is 32.2. The number of piperazine rings is 1. The Kier molecular flexibility index (Phi) is 6.30. The number of benzene rings is 1. The highest BCUT2D eigenvalue weighted by molar-refractivity contribution is 7.89. The number of rotatable bonds is 4. The Labute approximate surface area is 185 Å². The number of piperidine rings is 1. The van der Waals surface area contributed by atoms with Gasteiger partial charge in [-0.1, -0.05) is 12.1 Å². The van der Waals surface area contributed by atoms with Crippen LogP contribution in [0.3, 0.4) is 0 Å². The lowest BCUT2D eigenvalue weighted by Crippen LogP contribution is -2.49. The van der Waals surface area contributed by atoms with Crippen molar-refractivity contribution < 1.29 is 21.6 Å². The van der Waals surface area contributed by atoms with Crippen LogP contribution in [0.15, 0.2) is 41.3 Å². The van der Waals surface area contributed by atoms with E-state index < -0.39 is 26.7 Å². The Bertz CT molecular complexity index is 1040. The average Bonchev–Trinajstić information content (AvgIpc) is 2.79. The molecule has 7 nitrogen and oxygen atoms in total. The van der Waals surface area contributed by atoms with Crippen LogP contribution in [-0.4, -0.2) is 61.7 Å². The van der Waals surface area contributed by atoms with Gasteiger partial charge in [-0.3, -0.25) is 0 Å². The molecule has 32 heavy (non-hydrogen) atoms. The molecule has 1 atom stereocenters. The maximum atomic E-state index is 13.3. The van der Waals surface area contributed by atoms with E-state index in [9.17, 15) is 21.6 Å². The molecule has 0 aliphatic carbocycles. The van der Waals surface area contributed by atoms with Gasteiger partial charge in [0.2, 0.25) is 10.0 Å². The van der Waals surface area contributed by atoms with Crippen LogP contribution < -0.4 is 9.80 Å². The second kappa shape index (κ2) is 8.86. The minimum absolute atomic E-state index is 0.0706. The third-order valence-corrected chi connectivity index (χ3v) is 8.06. The first-order valence-electron chi connectivity index (χ1n) is 10.7. The molecular weight excluding hydrogens is 443 g/mol. The predicted molar refractivity (Wildman–Crippen MR) is 115 cm³/mol. The summed E-state index contributed by atoms with van der Waals surface area (Å²) in [6, 6.07) is 8.50. The average molecular weight is 470 g/mol. The van der Waals surface area contributed by atoms with Crippen LogP contribution in [0.5, 0.6) is 0 Å². The second-order valence-electron chi connectivity index (χ2n) is 8.17. The van der Waals surface area contributed by atoms with Gasteiger partial charge in [-0.25, -0.2) is 8.42 Å². The molecule has 0 amide bonds. The molecule has 2 aromatic rings. The minimum Gasteiger partial charge on any atom is -0.352 e. The van der Waals surface area contributed by atoms with E-state index in [1.165, 1.54) is 18.6 Å². The first-order chi connectivity index (χ1) is 15.2. The summed E-state index contributed by atoms with van der Waals surface area (Å²) in [7, 11) is -4.26. The molecule has 174 valence electrons. The number of aromatic nitrogens is 2. The van der Waals surface area contributed by atoms with Crippen LogP contribution >= 0.6 is 0 Å². The molecule has 1 unspecified atom stereocenters. The van der Waals surface area contributed by atoms with E-state index >= 15 is 0 Å². The van der Waals surface area contributed by atoms with Crippen LogP contribution in [0.25, 0.3) is 0 Å². The molecule has 0 N–H and O–H groups in total.